The molecule has 1 aromatic heterocycles. The highest BCUT2D eigenvalue weighted by molar-refractivity contribution is 5.46. The van der Waals surface area contributed by atoms with Crippen molar-refractivity contribution in [2.45, 2.75) is 26.6 Å². The Kier molecular flexibility index (Phi) is 6.62. The summed E-state index contributed by atoms with van der Waals surface area (Å²) in [6.45, 7) is 4.77. The molecule has 3 aromatic rings. The number of nitrogens with zero attached hydrogens (tertiary/aromatic N) is 1. The van der Waals surface area contributed by atoms with Crippen molar-refractivity contribution in [1.29, 1.82) is 0 Å². The molecular weight excluding hydrogens is 324 g/mol. The zero-order valence-electron chi connectivity index (χ0n) is 15.1. The fourth-order valence-corrected chi connectivity index (χ4v) is 2.78. The Morgan fingerprint density at radius 1 is 0.846 bits per heavy atom. The second-order valence-electron chi connectivity index (χ2n) is 5.97. The van der Waals surface area contributed by atoms with Gasteiger partial charge in [-0.05, 0) is 36.8 Å². The van der Waals surface area contributed by atoms with Crippen molar-refractivity contribution in [3.8, 4) is 11.5 Å². The summed E-state index contributed by atoms with van der Waals surface area (Å²) in [5, 5.41) is 2.22. The second kappa shape index (κ2) is 9.59. The zero-order chi connectivity index (χ0) is 18.0. The molecule has 1 heterocycles. The highest BCUT2D eigenvalue weighted by Gasteiger charge is 2.13. The molecule has 0 saturated heterocycles. The van der Waals surface area contributed by atoms with Crippen molar-refractivity contribution in [3.05, 3.63) is 89.7 Å². The monoisotopic (exact) mass is 349 g/mol. The molecule has 26 heavy (non-hydrogen) atoms. The minimum absolute atomic E-state index is 0.526. The van der Waals surface area contributed by atoms with Crippen molar-refractivity contribution in [2.24, 2.45) is 0 Å². The van der Waals surface area contributed by atoms with Crippen molar-refractivity contribution in [3.63, 3.8) is 0 Å². The molecular formula is C22H25N2O2+. The molecule has 4 heteroatoms. The van der Waals surface area contributed by atoms with Gasteiger partial charge in [0.25, 0.3) is 0 Å². The fraction of sp³-hybridized carbons (Fsp3) is 0.227. The van der Waals surface area contributed by atoms with E-state index in [0.29, 0.717) is 13.2 Å². The number of benzene rings is 2. The van der Waals surface area contributed by atoms with E-state index in [4.69, 9.17) is 9.47 Å². The Balaban J connectivity index is 1.70. The van der Waals surface area contributed by atoms with Gasteiger partial charge in [0.1, 0.15) is 19.7 Å². The van der Waals surface area contributed by atoms with Crippen LogP contribution in [0.3, 0.4) is 0 Å². The van der Waals surface area contributed by atoms with Crippen LogP contribution in [0.15, 0.2) is 72.9 Å². The van der Waals surface area contributed by atoms with Gasteiger partial charge in [-0.3, -0.25) is 4.98 Å². The van der Waals surface area contributed by atoms with E-state index in [-0.39, 0.29) is 0 Å². The summed E-state index contributed by atoms with van der Waals surface area (Å²) in [5.74, 6) is 1.63. The maximum absolute atomic E-state index is 6.15. The quantitative estimate of drug-likeness (QED) is 0.645. The van der Waals surface area contributed by atoms with E-state index in [1.807, 2.05) is 61.7 Å². The summed E-state index contributed by atoms with van der Waals surface area (Å²) in [7, 11) is 0. The van der Waals surface area contributed by atoms with Gasteiger partial charge in [-0.25, -0.2) is 0 Å². The maximum Gasteiger partial charge on any atom is 0.170 e. The van der Waals surface area contributed by atoms with E-state index in [0.717, 1.165) is 41.4 Å². The first kappa shape index (κ1) is 18.0. The molecule has 2 N–H and O–H groups in total. The van der Waals surface area contributed by atoms with Crippen LogP contribution in [-0.4, -0.2) is 11.6 Å². The summed E-state index contributed by atoms with van der Waals surface area (Å²) in [6.07, 6.45) is 1.83. The topological polar surface area (TPSA) is 48.0 Å². The highest BCUT2D eigenvalue weighted by atomic mass is 16.5. The summed E-state index contributed by atoms with van der Waals surface area (Å²) in [6, 6.07) is 22.3. The Labute approximate surface area is 154 Å². The molecule has 134 valence electrons. The number of rotatable bonds is 9. The predicted molar refractivity (Wildman–Crippen MR) is 102 cm³/mol. The lowest BCUT2D eigenvalue weighted by Gasteiger charge is -2.15. The van der Waals surface area contributed by atoms with Crippen LogP contribution >= 0.6 is 0 Å². The van der Waals surface area contributed by atoms with Crippen molar-refractivity contribution in [2.75, 3.05) is 6.61 Å². The number of aromatic nitrogens is 1. The Hall–Kier alpha value is -2.85. The minimum atomic E-state index is 0.526. The van der Waals surface area contributed by atoms with E-state index in [9.17, 15) is 0 Å². The Morgan fingerprint density at radius 2 is 1.69 bits per heavy atom. The first-order valence-corrected chi connectivity index (χ1v) is 9.00. The Morgan fingerprint density at radius 3 is 2.46 bits per heavy atom. The second-order valence-corrected chi connectivity index (χ2v) is 5.97. The van der Waals surface area contributed by atoms with Crippen molar-refractivity contribution < 1.29 is 14.8 Å². The van der Waals surface area contributed by atoms with Crippen LogP contribution in [0.25, 0.3) is 0 Å². The van der Waals surface area contributed by atoms with Crippen LogP contribution in [0, 0.1) is 0 Å². The predicted octanol–water partition coefficient (Wildman–Crippen LogP) is 3.32. The molecule has 0 fully saturated rings. The van der Waals surface area contributed by atoms with Gasteiger partial charge in [-0.2, -0.15) is 0 Å². The number of hydrogen-bond donors (Lipinski definition) is 1. The lowest BCUT2D eigenvalue weighted by atomic mass is 10.1. The van der Waals surface area contributed by atoms with Gasteiger partial charge in [0.15, 0.2) is 11.5 Å². The molecule has 0 spiro atoms. The van der Waals surface area contributed by atoms with Gasteiger partial charge in [0.05, 0.1) is 17.9 Å². The van der Waals surface area contributed by atoms with Gasteiger partial charge in [0.2, 0.25) is 0 Å². The third kappa shape index (κ3) is 5.07. The van der Waals surface area contributed by atoms with Crippen LogP contribution < -0.4 is 14.8 Å². The first-order valence-electron chi connectivity index (χ1n) is 9.00. The molecule has 3 rings (SSSR count). The largest absolute Gasteiger partial charge is 0.490 e. The number of quaternary nitrogens is 1. The summed E-state index contributed by atoms with van der Waals surface area (Å²) in [4.78, 5) is 4.37. The van der Waals surface area contributed by atoms with E-state index in [2.05, 4.69) is 28.5 Å². The molecule has 4 nitrogen and oxygen atoms in total. The normalized spacial score (nSPS) is 10.5. The van der Waals surface area contributed by atoms with Crippen LogP contribution in [0.4, 0.5) is 0 Å². The Bertz CT molecular complexity index is 792. The summed E-state index contributed by atoms with van der Waals surface area (Å²) in [5.41, 5.74) is 3.34. The number of pyridine rings is 1. The zero-order valence-corrected chi connectivity index (χ0v) is 15.1. The maximum atomic E-state index is 6.15. The van der Waals surface area contributed by atoms with Gasteiger partial charge >= 0.3 is 0 Å². The number of ether oxygens (including phenoxy) is 2. The fourth-order valence-electron chi connectivity index (χ4n) is 2.78. The number of nitrogens with two attached hydrogens (primary N) is 1. The first-order chi connectivity index (χ1) is 12.9. The molecule has 2 aromatic carbocycles. The van der Waals surface area contributed by atoms with E-state index in [1.54, 1.807) is 0 Å². The molecule has 0 aliphatic heterocycles. The summed E-state index contributed by atoms with van der Waals surface area (Å²) < 4.78 is 11.9. The van der Waals surface area contributed by atoms with Gasteiger partial charge in [-0.15, -0.1) is 0 Å². The van der Waals surface area contributed by atoms with E-state index >= 15 is 0 Å². The number of para-hydroxylation sites is 1. The van der Waals surface area contributed by atoms with Gasteiger partial charge in [-0.1, -0.05) is 42.5 Å². The summed E-state index contributed by atoms with van der Waals surface area (Å²) >= 11 is 0. The van der Waals surface area contributed by atoms with Gasteiger partial charge in [0, 0.05) is 6.20 Å². The van der Waals surface area contributed by atoms with Crippen LogP contribution in [0.2, 0.25) is 0 Å². The standard InChI is InChI=1S/C22H24N2O2/c1-2-25-21-13-8-11-19(15-23-16-20-12-6-7-14-24-20)22(21)26-17-18-9-4-3-5-10-18/h3-14,23H,2,15-17H2,1H3/p+1. The van der Waals surface area contributed by atoms with Crippen molar-refractivity contribution in [1.82, 2.24) is 4.98 Å². The number of hydrogen-bond acceptors (Lipinski definition) is 3. The van der Waals surface area contributed by atoms with Crippen LogP contribution in [-0.2, 0) is 19.7 Å². The molecule has 0 amide bonds. The molecule has 0 atom stereocenters. The van der Waals surface area contributed by atoms with Crippen molar-refractivity contribution >= 4 is 0 Å². The molecule has 0 saturated carbocycles. The minimum Gasteiger partial charge on any atom is -0.490 e. The molecule has 0 aliphatic rings. The van der Waals surface area contributed by atoms with Crippen LogP contribution in [0.1, 0.15) is 23.7 Å². The van der Waals surface area contributed by atoms with Gasteiger partial charge < -0.3 is 14.8 Å². The average Bonchev–Trinajstić information content (AvgIpc) is 2.69. The molecule has 0 radical (unpaired) electrons. The third-order valence-corrected chi connectivity index (χ3v) is 4.03. The molecule has 0 bridgehead atoms. The molecule has 0 aliphatic carbocycles. The lowest BCUT2D eigenvalue weighted by Crippen LogP contribution is -2.80. The SMILES string of the molecule is CCOc1cccc(C[NH2+]Cc2ccccn2)c1OCc1ccccc1. The van der Waals surface area contributed by atoms with E-state index < -0.39 is 0 Å². The van der Waals surface area contributed by atoms with Crippen LogP contribution in [0.5, 0.6) is 11.5 Å². The smallest absolute Gasteiger partial charge is 0.170 e. The highest BCUT2D eigenvalue weighted by Crippen LogP contribution is 2.31. The molecule has 0 unspecified atom stereocenters. The average molecular weight is 349 g/mol. The lowest BCUT2D eigenvalue weighted by molar-refractivity contribution is -0.686. The third-order valence-electron chi connectivity index (χ3n) is 4.03. The van der Waals surface area contributed by atoms with E-state index in [1.165, 1.54) is 0 Å².